The van der Waals surface area contributed by atoms with Gasteiger partial charge in [-0.25, -0.2) is 4.98 Å². The summed E-state index contributed by atoms with van der Waals surface area (Å²) in [5.41, 5.74) is 0.412. The molecule has 1 aromatic heterocycles. The van der Waals surface area contributed by atoms with Crippen molar-refractivity contribution in [2.75, 3.05) is 0 Å². The summed E-state index contributed by atoms with van der Waals surface area (Å²) in [4.78, 5) is 12.9. The van der Waals surface area contributed by atoms with Gasteiger partial charge in [-0.2, -0.15) is 9.97 Å². The summed E-state index contributed by atoms with van der Waals surface area (Å²) in [6, 6.07) is 8.45. The molecule has 4 heteroatoms. The van der Waals surface area contributed by atoms with Crippen molar-refractivity contribution in [2.45, 2.75) is 0 Å². The van der Waals surface area contributed by atoms with Gasteiger partial charge in [0.15, 0.2) is 11.6 Å². The molecule has 31 heavy (non-hydrogen) atoms. The third-order valence-corrected chi connectivity index (χ3v) is 5.09. The Bertz CT molecular complexity index is 2080. The third-order valence-electron chi connectivity index (χ3n) is 4.92. The molecule has 0 atom stereocenters. The van der Waals surface area contributed by atoms with Gasteiger partial charge in [0.25, 0.3) is 0 Å². The van der Waals surface area contributed by atoms with Gasteiger partial charge in [-0.3, -0.25) is 0 Å². The number of halogens is 1. The Morgan fingerprint density at radius 2 is 1.35 bits per heavy atom. The maximum atomic E-state index is 9.09. The van der Waals surface area contributed by atoms with Crippen LogP contribution in [0.2, 0.25) is 5.28 Å². The van der Waals surface area contributed by atoms with Gasteiger partial charge in [-0.05, 0) is 50.0 Å². The smallest absolute Gasteiger partial charge is 0.208 e. The third kappa shape index (κ3) is 3.11. The molecule has 0 aliphatic carbocycles. The number of fused-ring (bicyclic) bond motifs is 4. The van der Waals surface area contributed by atoms with E-state index in [1.807, 2.05) is 36.4 Å². The molecule has 0 fully saturated rings. The van der Waals surface area contributed by atoms with Crippen LogP contribution < -0.4 is 0 Å². The van der Waals surface area contributed by atoms with E-state index in [9.17, 15) is 0 Å². The van der Waals surface area contributed by atoms with Gasteiger partial charge < -0.3 is 0 Å². The first-order chi connectivity index (χ1) is 19.0. The lowest BCUT2D eigenvalue weighted by atomic mass is 10.00. The number of aromatic nitrogens is 3. The highest BCUT2D eigenvalue weighted by molar-refractivity contribution is 6.28. The van der Waals surface area contributed by atoms with Gasteiger partial charge in [0.1, 0.15) is 0 Å². The van der Waals surface area contributed by atoms with Gasteiger partial charge in [-0.1, -0.05) is 90.8 Å². The summed E-state index contributed by atoms with van der Waals surface area (Å²) in [7, 11) is 0. The van der Waals surface area contributed by atoms with E-state index < -0.39 is 54.4 Å². The first-order valence-corrected chi connectivity index (χ1v) is 9.73. The Hall–Kier alpha value is -3.82. The largest absolute Gasteiger partial charge is 0.226 e. The highest BCUT2D eigenvalue weighted by Crippen LogP contribution is 2.31. The highest BCUT2D eigenvalue weighted by Gasteiger charge is 2.13. The first-order valence-electron chi connectivity index (χ1n) is 13.9. The fraction of sp³-hybridized carbons (Fsp3) is 0. The topological polar surface area (TPSA) is 38.7 Å². The van der Waals surface area contributed by atoms with Crippen LogP contribution in [0, 0.1) is 0 Å². The quantitative estimate of drug-likeness (QED) is 0.272. The van der Waals surface area contributed by atoms with Gasteiger partial charge in [-0.15, -0.1) is 0 Å². The SMILES string of the molecule is [2H]c1c([2H])c([2H])c2c(c1[2H])c([2H])c([2H])c1c([2H])c([2H])c(-c3nc(Cl)nc(-c4cccc5ccccc45)n3)c([2H])c12. The van der Waals surface area contributed by atoms with Gasteiger partial charge in [0.2, 0.25) is 5.28 Å². The number of nitrogens with zero attached hydrogens (tertiary/aromatic N) is 3. The number of hydrogen-bond acceptors (Lipinski definition) is 3. The maximum absolute atomic E-state index is 9.09. The van der Waals surface area contributed by atoms with Crippen LogP contribution in [-0.4, -0.2) is 15.0 Å². The molecule has 0 N–H and O–H groups in total. The molecule has 5 aromatic carbocycles. The fourth-order valence-corrected chi connectivity index (χ4v) is 3.68. The normalized spacial score (nSPS) is 15.5. The lowest BCUT2D eigenvalue weighted by Gasteiger charge is -2.09. The van der Waals surface area contributed by atoms with E-state index in [2.05, 4.69) is 15.0 Å². The molecule has 0 aliphatic rings. The first kappa shape index (κ1) is 11.0. The Kier molecular flexibility index (Phi) is 2.53. The van der Waals surface area contributed by atoms with Crippen molar-refractivity contribution in [3.05, 3.63) is 102 Å². The molecule has 6 rings (SSSR count). The number of benzene rings is 5. The molecular weight excluding hydrogens is 402 g/mol. The summed E-state index contributed by atoms with van der Waals surface area (Å²) in [6.07, 6.45) is 0. The van der Waals surface area contributed by atoms with Crippen molar-refractivity contribution in [1.82, 2.24) is 15.0 Å². The molecule has 6 aromatic rings. The van der Waals surface area contributed by atoms with Crippen LogP contribution in [0.25, 0.3) is 55.1 Å². The van der Waals surface area contributed by atoms with Crippen LogP contribution in [0.15, 0.2) is 96.8 Å². The van der Waals surface area contributed by atoms with E-state index in [-0.39, 0.29) is 44.0 Å². The minimum atomic E-state index is -0.584. The van der Waals surface area contributed by atoms with Crippen LogP contribution in [0.3, 0.4) is 0 Å². The minimum Gasteiger partial charge on any atom is -0.208 e. The summed E-state index contributed by atoms with van der Waals surface area (Å²) in [6.45, 7) is 0. The van der Waals surface area contributed by atoms with E-state index in [1.165, 1.54) is 0 Å². The summed E-state index contributed by atoms with van der Waals surface area (Å²) in [5, 5.41) is 0.709. The molecule has 0 unspecified atom stereocenters. The monoisotopic (exact) mass is 426 g/mol. The van der Waals surface area contributed by atoms with E-state index >= 15 is 0 Å². The predicted octanol–water partition coefficient (Wildman–Crippen LogP) is 7.32. The summed E-state index contributed by atoms with van der Waals surface area (Å²) >= 11 is 6.30. The Labute approximate surface area is 196 Å². The second kappa shape index (κ2) is 7.15. The zero-order valence-electron chi connectivity index (χ0n) is 24.8. The summed E-state index contributed by atoms with van der Waals surface area (Å²) in [5.74, 6) is -0.00418. The molecule has 3 nitrogen and oxygen atoms in total. The molecule has 0 radical (unpaired) electrons. The zero-order valence-corrected chi connectivity index (χ0v) is 16.5. The van der Waals surface area contributed by atoms with E-state index in [4.69, 9.17) is 23.9 Å². The molecule has 0 spiro atoms. The Morgan fingerprint density at radius 1 is 0.613 bits per heavy atom. The molecule has 1 heterocycles. The van der Waals surface area contributed by atoms with Gasteiger partial charge in [0.05, 0.1) is 12.3 Å². The summed E-state index contributed by atoms with van der Waals surface area (Å²) < 4.78 is 76.6. The molecule has 0 saturated carbocycles. The minimum absolute atomic E-state index is 0.165. The van der Waals surface area contributed by atoms with Gasteiger partial charge in [0, 0.05) is 11.1 Å². The van der Waals surface area contributed by atoms with E-state index in [0.29, 0.717) is 5.56 Å². The average molecular weight is 427 g/mol. The van der Waals surface area contributed by atoms with Crippen LogP contribution in [0.1, 0.15) is 12.3 Å². The predicted molar refractivity (Wildman–Crippen MR) is 128 cm³/mol. The van der Waals surface area contributed by atoms with Gasteiger partial charge >= 0.3 is 0 Å². The van der Waals surface area contributed by atoms with E-state index in [0.717, 1.165) is 10.8 Å². The highest BCUT2D eigenvalue weighted by atomic mass is 35.5. The average Bonchev–Trinajstić information content (AvgIpc) is 2.94. The zero-order chi connectivity index (χ0) is 28.6. The number of hydrogen-bond donors (Lipinski definition) is 0. The maximum Gasteiger partial charge on any atom is 0.226 e. The molecule has 0 amide bonds. The Balaban J connectivity index is 1.76. The standard InChI is InChI=1S/C27H16ClN3/c28-27-30-25(29-26(31-27)23-11-5-8-17-6-1-3-9-21(17)23)20-15-14-19-13-12-18-7-2-4-10-22(18)24(19)16-20/h1-16H/i2D,4D,7D,10D,12D,13D,14D,15D,16D. The fourth-order valence-electron chi connectivity index (χ4n) is 3.52. The Morgan fingerprint density at radius 3 is 2.29 bits per heavy atom. The lowest BCUT2D eigenvalue weighted by molar-refractivity contribution is 1.07. The second-order valence-electron chi connectivity index (χ2n) is 6.78. The van der Waals surface area contributed by atoms with Crippen LogP contribution in [0.4, 0.5) is 0 Å². The number of rotatable bonds is 2. The molecule has 0 saturated heterocycles. The van der Waals surface area contributed by atoms with Crippen molar-refractivity contribution < 1.29 is 12.3 Å². The van der Waals surface area contributed by atoms with E-state index in [1.54, 1.807) is 6.07 Å². The molecule has 0 aliphatic heterocycles. The van der Waals surface area contributed by atoms with Crippen LogP contribution >= 0.6 is 11.6 Å². The lowest BCUT2D eigenvalue weighted by Crippen LogP contribution is -1.98. The van der Waals surface area contributed by atoms with Crippen LogP contribution in [-0.2, 0) is 0 Å². The molecular formula is C27H16ClN3. The van der Waals surface area contributed by atoms with Crippen LogP contribution in [0.5, 0.6) is 0 Å². The molecule has 0 bridgehead atoms. The van der Waals surface area contributed by atoms with Crippen molar-refractivity contribution in [3.8, 4) is 22.8 Å². The van der Waals surface area contributed by atoms with Crippen molar-refractivity contribution in [1.29, 1.82) is 0 Å². The van der Waals surface area contributed by atoms with Crippen molar-refractivity contribution >= 4 is 43.9 Å². The van der Waals surface area contributed by atoms with Crippen molar-refractivity contribution in [3.63, 3.8) is 0 Å². The molecule has 146 valence electrons. The van der Waals surface area contributed by atoms with Crippen molar-refractivity contribution in [2.24, 2.45) is 0 Å². The second-order valence-corrected chi connectivity index (χ2v) is 7.12.